The zero-order chi connectivity index (χ0) is 17.2. The fourth-order valence-corrected chi connectivity index (χ4v) is 3.57. The van der Waals surface area contributed by atoms with Crippen molar-refractivity contribution in [2.45, 2.75) is 31.5 Å². The van der Waals surface area contributed by atoms with Crippen molar-refractivity contribution < 1.29 is 18.0 Å². The first-order chi connectivity index (χ1) is 11.4. The molecule has 0 saturated carbocycles. The van der Waals surface area contributed by atoms with Gasteiger partial charge in [0, 0.05) is 31.8 Å². The van der Waals surface area contributed by atoms with Gasteiger partial charge in [-0.3, -0.25) is 9.69 Å². The Morgan fingerprint density at radius 1 is 1.08 bits per heavy atom. The van der Waals surface area contributed by atoms with Crippen molar-refractivity contribution in [2.75, 3.05) is 26.2 Å². The van der Waals surface area contributed by atoms with Crippen LogP contribution in [0.15, 0.2) is 36.4 Å². The number of halogens is 3. The molecule has 0 N–H and O–H groups in total. The second kappa shape index (κ2) is 6.97. The van der Waals surface area contributed by atoms with E-state index in [1.807, 2.05) is 0 Å². The van der Waals surface area contributed by atoms with E-state index >= 15 is 0 Å². The Balaban J connectivity index is 1.82. The van der Waals surface area contributed by atoms with Gasteiger partial charge in [-0.1, -0.05) is 30.3 Å². The van der Waals surface area contributed by atoms with Crippen LogP contribution in [-0.4, -0.2) is 54.1 Å². The average molecular weight is 338 g/mol. The Labute approximate surface area is 139 Å². The maximum Gasteiger partial charge on any atom is 0.417 e. The van der Waals surface area contributed by atoms with E-state index in [9.17, 15) is 18.0 Å². The van der Waals surface area contributed by atoms with Gasteiger partial charge in [-0.15, -0.1) is 0 Å². The van der Waals surface area contributed by atoms with Crippen LogP contribution in [0, 0.1) is 0 Å². The van der Waals surface area contributed by atoms with Crippen LogP contribution in [0.2, 0.25) is 0 Å². The largest absolute Gasteiger partial charge is 0.417 e. The summed E-state index contributed by atoms with van der Waals surface area (Å²) in [6, 6.07) is 7.80. The van der Waals surface area contributed by atoms with Crippen molar-refractivity contribution in [3.05, 3.63) is 42.0 Å². The molecule has 2 fully saturated rings. The first-order valence-corrected chi connectivity index (χ1v) is 8.32. The molecule has 0 aromatic heterocycles. The fraction of sp³-hybridized carbons (Fsp3) is 0.500. The molecule has 3 nitrogen and oxygen atoms in total. The number of nitrogens with zero attached hydrogens (tertiary/aromatic N) is 2. The lowest BCUT2D eigenvalue weighted by atomic mass is 10.0. The van der Waals surface area contributed by atoms with Gasteiger partial charge in [0.15, 0.2) is 0 Å². The van der Waals surface area contributed by atoms with Gasteiger partial charge >= 0.3 is 6.18 Å². The molecule has 0 spiro atoms. The molecule has 1 aromatic rings. The zero-order valence-corrected chi connectivity index (χ0v) is 13.4. The molecule has 2 heterocycles. The highest BCUT2D eigenvalue weighted by Crippen LogP contribution is 2.34. The van der Waals surface area contributed by atoms with Gasteiger partial charge in [-0.05, 0) is 31.4 Å². The maximum absolute atomic E-state index is 13.4. The second-order valence-electron chi connectivity index (χ2n) is 6.39. The summed E-state index contributed by atoms with van der Waals surface area (Å²) in [5, 5.41) is 0. The van der Waals surface area contributed by atoms with Gasteiger partial charge in [0.05, 0.1) is 5.57 Å². The summed E-state index contributed by atoms with van der Waals surface area (Å²) in [5.41, 5.74) is -0.851. The summed E-state index contributed by atoms with van der Waals surface area (Å²) in [4.78, 5) is 16.4. The zero-order valence-electron chi connectivity index (χ0n) is 13.4. The van der Waals surface area contributed by atoms with Gasteiger partial charge in [0.25, 0.3) is 0 Å². The normalized spacial score (nSPS) is 23.0. The molecule has 2 saturated heterocycles. The van der Waals surface area contributed by atoms with E-state index in [1.165, 1.54) is 12.1 Å². The van der Waals surface area contributed by atoms with Crippen LogP contribution in [0.5, 0.6) is 0 Å². The van der Waals surface area contributed by atoms with Crippen molar-refractivity contribution in [2.24, 2.45) is 0 Å². The Bertz CT molecular complexity index is 612. The molecule has 0 aliphatic carbocycles. The van der Waals surface area contributed by atoms with Crippen molar-refractivity contribution in [1.29, 1.82) is 0 Å². The molecular weight excluding hydrogens is 317 g/mol. The Hall–Kier alpha value is -1.82. The van der Waals surface area contributed by atoms with Crippen LogP contribution in [-0.2, 0) is 4.79 Å². The molecule has 1 amide bonds. The van der Waals surface area contributed by atoms with Gasteiger partial charge in [-0.2, -0.15) is 13.2 Å². The number of carbonyl (C=O) groups is 1. The minimum absolute atomic E-state index is 0.0238. The van der Waals surface area contributed by atoms with E-state index < -0.39 is 17.7 Å². The van der Waals surface area contributed by atoms with Crippen LogP contribution in [0.3, 0.4) is 0 Å². The molecular formula is C18H21F3N2O. The van der Waals surface area contributed by atoms with E-state index in [-0.39, 0.29) is 11.6 Å². The molecule has 24 heavy (non-hydrogen) atoms. The predicted octanol–water partition coefficient (Wildman–Crippen LogP) is 3.33. The highest BCUT2D eigenvalue weighted by molar-refractivity contribution is 5.96. The Morgan fingerprint density at radius 3 is 2.50 bits per heavy atom. The fourth-order valence-electron chi connectivity index (χ4n) is 3.57. The topological polar surface area (TPSA) is 23.6 Å². The molecule has 3 rings (SSSR count). The van der Waals surface area contributed by atoms with Crippen LogP contribution < -0.4 is 0 Å². The Morgan fingerprint density at radius 2 is 1.79 bits per heavy atom. The van der Waals surface area contributed by atoms with Crippen molar-refractivity contribution in [1.82, 2.24) is 9.80 Å². The predicted molar refractivity (Wildman–Crippen MR) is 86.3 cm³/mol. The third-order valence-corrected chi connectivity index (χ3v) is 4.77. The third kappa shape index (κ3) is 3.80. The summed E-state index contributed by atoms with van der Waals surface area (Å²) in [7, 11) is 0. The standard InChI is InChI=1S/C18H21F3N2O/c19-18(20,21)16(14-6-2-1-3-7-14)12-17(24)23-11-5-10-22-9-4-8-15(22)13-23/h1-3,6-7,12,15H,4-5,8-11,13H2/b16-12-/t15-/m1/s1. The molecule has 2 aliphatic rings. The number of hydrogen-bond donors (Lipinski definition) is 0. The summed E-state index contributed by atoms with van der Waals surface area (Å²) in [5.74, 6) is -0.542. The van der Waals surface area contributed by atoms with Crippen LogP contribution in [0.25, 0.3) is 5.57 Å². The maximum atomic E-state index is 13.4. The summed E-state index contributed by atoms with van der Waals surface area (Å²) < 4.78 is 40.1. The second-order valence-corrected chi connectivity index (χ2v) is 6.39. The highest BCUT2D eigenvalue weighted by atomic mass is 19.4. The van der Waals surface area contributed by atoms with E-state index in [2.05, 4.69) is 4.90 Å². The van der Waals surface area contributed by atoms with Gasteiger partial charge in [0.2, 0.25) is 5.91 Å². The molecule has 0 radical (unpaired) electrons. The van der Waals surface area contributed by atoms with E-state index in [0.717, 1.165) is 38.4 Å². The van der Waals surface area contributed by atoms with Gasteiger partial charge < -0.3 is 4.90 Å². The minimum Gasteiger partial charge on any atom is -0.338 e. The number of amides is 1. The molecule has 2 aliphatic heterocycles. The number of hydrogen-bond acceptors (Lipinski definition) is 2. The molecule has 6 heteroatoms. The lowest BCUT2D eigenvalue weighted by molar-refractivity contribution is -0.126. The van der Waals surface area contributed by atoms with E-state index in [1.54, 1.807) is 23.1 Å². The van der Waals surface area contributed by atoms with Crippen LogP contribution in [0.4, 0.5) is 13.2 Å². The van der Waals surface area contributed by atoms with Crippen molar-refractivity contribution >= 4 is 11.5 Å². The van der Waals surface area contributed by atoms with Gasteiger partial charge in [-0.25, -0.2) is 0 Å². The lowest BCUT2D eigenvalue weighted by Crippen LogP contribution is -2.39. The number of fused-ring (bicyclic) bond motifs is 1. The van der Waals surface area contributed by atoms with Crippen molar-refractivity contribution in [3.63, 3.8) is 0 Å². The monoisotopic (exact) mass is 338 g/mol. The highest BCUT2D eigenvalue weighted by Gasteiger charge is 2.36. The summed E-state index contributed by atoms with van der Waals surface area (Å²) in [6.45, 7) is 2.99. The lowest BCUT2D eigenvalue weighted by Gasteiger charge is -2.25. The van der Waals surface area contributed by atoms with E-state index in [0.29, 0.717) is 13.1 Å². The number of allylic oxidation sites excluding steroid dienone is 1. The SMILES string of the molecule is O=C(/C=C(/c1ccccc1)C(F)(F)F)N1CCCN2CCC[C@@H]2C1. The number of rotatable bonds is 2. The molecule has 0 unspecified atom stereocenters. The number of benzene rings is 1. The van der Waals surface area contributed by atoms with Crippen molar-refractivity contribution in [3.8, 4) is 0 Å². The number of alkyl halides is 3. The molecule has 130 valence electrons. The molecule has 0 bridgehead atoms. The quantitative estimate of drug-likeness (QED) is 0.772. The van der Waals surface area contributed by atoms with Crippen LogP contribution in [0.1, 0.15) is 24.8 Å². The minimum atomic E-state index is -4.55. The van der Waals surface area contributed by atoms with Gasteiger partial charge in [0.1, 0.15) is 0 Å². The first-order valence-electron chi connectivity index (χ1n) is 8.32. The average Bonchev–Trinajstić information content (AvgIpc) is 2.89. The smallest absolute Gasteiger partial charge is 0.338 e. The summed E-state index contributed by atoms with van der Waals surface area (Å²) >= 11 is 0. The number of carbonyl (C=O) groups excluding carboxylic acids is 1. The summed E-state index contributed by atoms with van der Waals surface area (Å²) in [6.07, 6.45) is -0.871. The molecule has 1 atom stereocenters. The van der Waals surface area contributed by atoms with E-state index in [4.69, 9.17) is 0 Å². The Kier molecular flexibility index (Phi) is 4.94. The molecule has 1 aromatic carbocycles. The third-order valence-electron chi connectivity index (χ3n) is 4.77. The first kappa shape index (κ1) is 17.0. The van der Waals surface area contributed by atoms with Crippen LogP contribution >= 0.6 is 0 Å².